The lowest BCUT2D eigenvalue weighted by Gasteiger charge is -2.06. The third kappa shape index (κ3) is 6.04. The Balaban J connectivity index is 3.69. The normalized spacial score (nSPS) is 15.1. The number of primary sulfonamides is 1. The molecule has 0 aliphatic rings. The fourth-order valence-electron chi connectivity index (χ4n) is 0.973. The second-order valence-electron chi connectivity index (χ2n) is 2.72. The molecule has 0 aliphatic heterocycles. The van der Waals surface area contributed by atoms with Crippen molar-refractivity contribution in [3.8, 4) is 0 Å². The highest BCUT2D eigenvalue weighted by Gasteiger charge is 2.08. The number of hydrogen-bond donors (Lipinski definition) is 1. The van der Waals surface area contributed by atoms with Crippen LogP contribution in [0.5, 0.6) is 0 Å². The van der Waals surface area contributed by atoms with Crippen LogP contribution in [-0.2, 0) is 10.0 Å². The summed E-state index contributed by atoms with van der Waals surface area (Å²) in [7, 11) is -3.25. The van der Waals surface area contributed by atoms with Gasteiger partial charge in [-0.15, -0.1) is 0 Å². The Labute approximate surface area is 62.7 Å². The molecule has 0 bridgehead atoms. The van der Waals surface area contributed by atoms with E-state index < -0.39 is 10.0 Å². The smallest absolute Gasteiger partial charge is 0.209 e. The molecular weight excluding hydrogens is 150 g/mol. The highest BCUT2D eigenvalue weighted by atomic mass is 32.2. The SMILES string of the molecule is CCCC(C)CS(N)(=O)=O. The topological polar surface area (TPSA) is 60.2 Å². The van der Waals surface area contributed by atoms with Crippen LogP contribution in [0.15, 0.2) is 0 Å². The molecule has 0 radical (unpaired) electrons. The van der Waals surface area contributed by atoms with Gasteiger partial charge in [-0.1, -0.05) is 20.3 Å². The molecule has 0 heterocycles. The molecule has 10 heavy (non-hydrogen) atoms. The van der Waals surface area contributed by atoms with Gasteiger partial charge in [0.05, 0.1) is 5.75 Å². The molecule has 62 valence electrons. The van der Waals surface area contributed by atoms with Crippen LogP contribution in [0.1, 0.15) is 26.7 Å². The first-order chi connectivity index (χ1) is 4.45. The van der Waals surface area contributed by atoms with Crippen LogP contribution in [-0.4, -0.2) is 14.2 Å². The Kier molecular flexibility index (Phi) is 3.89. The lowest BCUT2D eigenvalue weighted by molar-refractivity contribution is 0.546. The zero-order valence-electron chi connectivity index (χ0n) is 6.50. The van der Waals surface area contributed by atoms with Crippen molar-refractivity contribution in [3.05, 3.63) is 0 Å². The molecule has 0 aromatic heterocycles. The third-order valence-electron chi connectivity index (χ3n) is 1.30. The van der Waals surface area contributed by atoms with Crippen LogP contribution in [0.25, 0.3) is 0 Å². The molecule has 1 unspecified atom stereocenters. The first-order valence-electron chi connectivity index (χ1n) is 3.46. The minimum Gasteiger partial charge on any atom is -0.229 e. The Morgan fingerprint density at radius 3 is 2.30 bits per heavy atom. The largest absolute Gasteiger partial charge is 0.229 e. The van der Waals surface area contributed by atoms with Crippen molar-refractivity contribution >= 4 is 10.0 Å². The van der Waals surface area contributed by atoms with Crippen LogP contribution in [0.3, 0.4) is 0 Å². The van der Waals surface area contributed by atoms with Crippen LogP contribution in [0, 0.1) is 5.92 Å². The van der Waals surface area contributed by atoms with Crippen LogP contribution in [0.2, 0.25) is 0 Å². The van der Waals surface area contributed by atoms with E-state index in [0.717, 1.165) is 12.8 Å². The van der Waals surface area contributed by atoms with Gasteiger partial charge in [0.25, 0.3) is 0 Å². The van der Waals surface area contributed by atoms with Gasteiger partial charge < -0.3 is 0 Å². The summed E-state index contributed by atoms with van der Waals surface area (Å²) in [6.07, 6.45) is 1.94. The van der Waals surface area contributed by atoms with E-state index in [1.165, 1.54) is 0 Å². The lowest BCUT2D eigenvalue weighted by atomic mass is 10.1. The standard InChI is InChI=1S/C6H15NO2S/c1-3-4-6(2)5-10(7,8)9/h6H,3-5H2,1-2H3,(H2,7,8,9). The predicted molar refractivity (Wildman–Crippen MR) is 42.0 cm³/mol. The lowest BCUT2D eigenvalue weighted by Crippen LogP contribution is -2.21. The molecule has 4 heteroatoms. The van der Waals surface area contributed by atoms with Gasteiger partial charge in [0.2, 0.25) is 10.0 Å². The summed E-state index contributed by atoms with van der Waals surface area (Å²) < 4.78 is 21.0. The average molecular weight is 165 g/mol. The van der Waals surface area contributed by atoms with Crippen molar-refractivity contribution in [1.29, 1.82) is 0 Å². The average Bonchev–Trinajstić information content (AvgIpc) is 1.59. The molecule has 0 aliphatic carbocycles. The monoisotopic (exact) mass is 165 g/mol. The Morgan fingerprint density at radius 2 is 2.00 bits per heavy atom. The molecule has 0 fully saturated rings. The van der Waals surface area contributed by atoms with Crippen molar-refractivity contribution < 1.29 is 8.42 Å². The molecule has 3 nitrogen and oxygen atoms in total. The first kappa shape index (κ1) is 9.91. The van der Waals surface area contributed by atoms with E-state index in [2.05, 4.69) is 0 Å². The summed E-state index contributed by atoms with van der Waals surface area (Å²) in [4.78, 5) is 0. The summed E-state index contributed by atoms with van der Waals surface area (Å²) >= 11 is 0. The van der Waals surface area contributed by atoms with Crippen LogP contribution >= 0.6 is 0 Å². The van der Waals surface area contributed by atoms with Gasteiger partial charge in [0.1, 0.15) is 0 Å². The fraction of sp³-hybridized carbons (Fsp3) is 1.00. The van der Waals surface area contributed by atoms with E-state index in [-0.39, 0.29) is 11.7 Å². The second kappa shape index (κ2) is 3.93. The van der Waals surface area contributed by atoms with E-state index in [9.17, 15) is 8.42 Å². The van der Waals surface area contributed by atoms with Crippen molar-refractivity contribution in [2.24, 2.45) is 11.1 Å². The highest BCUT2D eigenvalue weighted by molar-refractivity contribution is 7.89. The molecule has 0 saturated heterocycles. The fourth-order valence-corrected chi connectivity index (χ4v) is 1.93. The van der Waals surface area contributed by atoms with Gasteiger partial charge in [-0.2, -0.15) is 0 Å². The van der Waals surface area contributed by atoms with Gasteiger partial charge in [-0.05, 0) is 12.3 Å². The zero-order valence-corrected chi connectivity index (χ0v) is 7.32. The predicted octanol–water partition coefficient (Wildman–Crippen LogP) is 0.711. The molecule has 0 aromatic rings. The summed E-state index contributed by atoms with van der Waals surface area (Å²) in [6, 6.07) is 0. The second-order valence-corrected chi connectivity index (χ2v) is 4.38. The van der Waals surface area contributed by atoms with Gasteiger partial charge in [0, 0.05) is 0 Å². The van der Waals surface area contributed by atoms with Gasteiger partial charge in [0.15, 0.2) is 0 Å². The molecule has 1 atom stereocenters. The summed E-state index contributed by atoms with van der Waals surface area (Å²) in [5.41, 5.74) is 0. The van der Waals surface area contributed by atoms with Crippen LogP contribution in [0.4, 0.5) is 0 Å². The molecule has 0 saturated carbocycles. The molecule has 0 aromatic carbocycles. The summed E-state index contributed by atoms with van der Waals surface area (Å²) in [6.45, 7) is 3.92. The van der Waals surface area contributed by atoms with E-state index >= 15 is 0 Å². The number of hydrogen-bond acceptors (Lipinski definition) is 2. The third-order valence-corrected chi connectivity index (χ3v) is 2.33. The van der Waals surface area contributed by atoms with Crippen molar-refractivity contribution in [2.45, 2.75) is 26.7 Å². The summed E-state index contributed by atoms with van der Waals surface area (Å²) in [5.74, 6) is 0.306. The van der Waals surface area contributed by atoms with E-state index in [1.54, 1.807) is 0 Å². The zero-order chi connectivity index (χ0) is 8.20. The minimum atomic E-state index is -3.25. The van der Waals surface area contributed by atoms with E-state index in [0.29, 0.717) is 0 Å². The molecular formula is C6H15NO2S. The quantitative estimate of drug-likeness (QED) is 0.667. The summed E-state index contributed by atoms with van der Waals surface area (Å²) in [5, 5.41) is 4.84. The molecule has 0 amide bonds. The minimum absolute atomic E-state index is 0.112. The maximum Gasteiger partial charge on any atom is 0.209 e. The van der Waals surface area contributed by atoms with Crippen molar-refractivity contribution in [2.75, 3.05) is 5.75 Å². The maximum absolute atomic E-state index is 10.5. The van der Waals surface area contributed by atoms with E-state index in [1.807, 2.05) is 13.8 Å². The first-order valence-corrected chi connectivity index (χ1v) is 5.17. The Bertz CT molecular complexity index is 174. The van der Waals surface area contributed by atoms with Crippen molar-refractivity contribution in [3.63, 3.8) is 0 Å². The Hall–Kier alpha value is -0.0900. The van der Waals surface area contributed by atoms with Crippen molar-refractivity contribution in [1.82, 2.24) is 0 Å². The highest BCUT2D eigenvalue weighted by Crippen LogP contribution is 2.05. The van der Waals surface area contributed by atoms with Gasteiger partial charge >= 0.3 is 0 Å². The molecule has 2 N–H and O–H groups in total. The number of rotatable bonds is 4. The number of nitrogens with two attached hydrogens (primary N) is 1. The van der Waals surface area contributed by atoms with Crippen LogP contribution < -0.4 is 5.14 Å². The molecule has 0 rings (SSSR count). The molecule has 0 spiro atoms. The maximum atomic E-state index is 10.5. The van der Waals surface area contributed by atoms with Gasteiger partial charge in [-0.25, -0.2) is 13.6 Å². The van der Waals surface area contributed by atoms with E-state index in [4.69, 9.17) is 5.14 Å². The number of sulfonamides is 1. The van der Waals surface area contributed by atoms with Gasteiger partial charge in [-0.3, -0.25) is 0 Å². The Morgan fingerprint density at radius 1 is 1.50 bits per heavy atom.